The van der Waals surface area contributed by atoms with E-state index in [2.05, 4.69) is 19.8 Å². The number of halogens is 3. The maximum absolute atomic E-state index is 13.2. The number of methoxy groups -OCH3 is 1. The number of hydrogen-bond acceptors (Lipinski definition) is 8. The van der Waals surface area contributed by atoms with E-state index in [9.17, 15) is 17.6 Å². The summed E-state index contributed by atoms with van der Waals surface area (Å²) < 4.78 is 47.6. The van der Waals surface area contributed by atoms with E-state index in [1.54, 1.807) is 36.6 Å². The third-order valence-electron chi connectivity index (χ3n) is 6.56. The lowest BCUT2D eigenvalue weighted by Crippen LogP contribution is -2.48. The van der Waals surface area contributed by atoms with E-state index in [0.29, 0.717) is 23.9 Å². The fourth-order valence-electron chi connectivity index (χ4n) is 4.44. The van der Waals surface area contributed by atoms with Crippen molar-refractivity contribution in [3.63, 3.8) is 0 Å². The van der Waals surface area contributed by atoms with Gasteiger partial charge in [-0.15, -0.1) is 12.4 Å². The van der Waals surface area contributed by atoms with Crippen LogP contribution < -0.4 is 19.7 Å². The number of carbonyl (C=O) groups is 1. The number of aromatic nitrogens is 1. The molecule has 0 saturated carbocycles. The Labute approximate surface area is 252 Å². The second-order valence-corrected chi connectivity index (χ2v) is 12.2. The molecule has 0 unspecified atom stereocenters. The van der Waals surface area contributed by atoms with Crippen LogP contribution in [0.4, 0.5) is 15.2 Å². The highest BCUT2D eigenvalue weighted by atomic mass is 35.5. The number of hydrogen-bond donors (Lipinski definition) is 2. The number of para-hydroxylation sites is 1. The number of piperazine rings is 1. The number of fused-ring (bicyclic) bond motifs is 1. The minimum Gasteiger partial charge on any atom is -0.493 e. The van der Waals surface area contributed by atoms with E-state index in [1.807, 2.05) is 12.1 Å². The van der Waals surface area contributed by atoms with Gasteiger partial charge >= 0.3 is 0 Å². The molecule has 0 bridgehead atoms. The van der Waals surface area contributed by atoms with Gasteiger partial charge in [0.1, 0.15) is 11.3 Å². The van der Waals surface area contributed by atoms with Crippen LogP contribution in [0.3, 0.4) is 0 Å². The van der Waals surface area contributed by atoms with Gasteiger partial charge in [-0.3, -0.25) is 14.4 Å². The molecule has 5 rings (SSSR count). The summed E-state index contributed by atoms with van der Waals surface area (Å²) in [5.41, 5.74) is 1.11. The van der Waals surface area contributed by atoms with Gasteiger partial charge in [-0.05, 0) is 48.5 Å². The van der Waals surface area contributed by atoms with Gasteiger partial charge < -0.3 is 15.0 Å². The minimum atomic E-state index is -3.99. The summed E-state index contributed by atoms with van der Waals surface area (Å²) in [7, 11) is -2.41. The predicted octanol–water partition coefficient (Wildman–Crippen LogP) is 4.87. The van der Waals surface area contributed by atoms with Crippen molar-refractivity contribution in [1.29, 1.82) is 0 Å². The van der Waals surface area contributed by atoms with Crippen LogP contribution in [0.2, 0.25) is 5.02 Å². The Morgan fingerprint density at radius 2 is 1.78 bits per heavy atom. The predicted molar refractivity (Wildman–Crippen MR) is 163 cm³/mol. The minimum absolute atomic E-state index is 0. The molecular formula is C27H28Cl2FN5O4S2. The van der Waals surface area contributed by atoms with Crippen molar-refractivity contribution in [2.75, 3.05) is 56.0 Å². The second kappa shape index (κ2) is 13.2. The Morgan fingerprint density at radius 3 is 2.49 bits per heavy atom. The topological polar surface area (TPSA) is 104 Å². The largest absolute Gasteiger partial charge is 0.493 e. The molecule has 1 fully saturated rings. The number of carbonyl (C=O) groups excluding carboxylic acids is 1. The Hall–Kier alpha value is -3.16. The standard InChI is InChI=1S/C27H27ClFN5O4S2.ClH/c1-38-25-21(28)10-11-23-24(25)31-27(39-23)34-16-14-33(15-17-34)13-12-30-26(35)20-4-2-3-5-22(20)32-40(36,37)19-8-6-18(29)7-9-19;/h2-11,32H,12-17H2,1H3,(H,30,35);1H. The van der Waals surface area contributed by atoms with Crippen LogP contribution in [0.15, 0.2) is 65.6 Å². The monoisotopic (exact) mass is 639 g/mol. The number of thiazole rings is 1. The van der Waals surface area contributed by atoms with Gasteiger partial charge in [-0.2, -0.15) is 0 Å². The van der Waals surface area contributed by atoms with Crippen LogP contribution in [0, 0.1) is 5.82 Å². The first-order chi connectivity index (χ1) is 19.2. The first-order valence-electron chi connectivity index (χ1n) is 12.5. The third kappa shape index (κ3) is 7.02. The third-order valence-corrected chi connectivity index (χ3v) is 9.32. The lowest BCUT2D eigenvalue weighted by molar-refractivity contribution is 0.0948. The smallest absolute Gasteiger partial charge is 0.261 e. The van der Waals surface area contributed by atoms with Crippen LogP contribution in [-0.4, -0.2) is 70.6 Å². The number of rotatable bonds is 9. The Bertz CT molecular complexity index is 1630. The highest BCUT2D eigenvalue weighted by Crippen LogP contribution is 2.38. The maximum atomic E-state index is 13.2. The highest BCUT2D eigenvalue weighted by Gasteiger charge is 2.22. The van der Waals surface area contributed by atoms with Crippen molar-refractivity contribution in [2.24, 2.45) is 0 Å². The van der Waals surface area contributed by atoms with Crippen molar-refractivity contribution in [2.45, 2.75) is 4.90 Å². The lowest BCUT2D eigenvalue weighted by atomic mass is 10.1. The zero-order valence-electron chi connectivity index (χ0n) is 22.0. The second-order valence-electron chi connectivity index (χ2n) is 9.11. The van der Waals surface area contributed by atoms with Gasteiger partial charge in [-0.25, -0.2) is 17.8 Å². The van der Waals surface area contributed by atoms with E-state index >= 15 is 0 Å². The molecule has 2 N–H and O–H groups in total. The van der Waals surface area contributed by atoms with Gasteiger partial charge in [0.05, 0.1) is 33.0 Å². The summed E-state index contributed by atoms with van der Waals surface area (Å²) in [4.78, 5) is 22.1. The van der Waals surface area contributed by atoms with E-state index in [-0.39, 0.29) is 28.6 Å². The van der Waals surface area contributed by atoms with Gasteiger partial charge in [-0.1, -0.05) is 35.1 Å². The first kappa shape index (κ1) is 30.8. The molecule has 41 heavy (non-hydrogen) atoms. The molecule has 0 spiro atoms. The molecule has 3 aromatic carbocycles. The Kier molecular flexibility index (Phi) is 9.92. The van der Waals surface area contributed by atoms with E-state index in [1.165, 1.54) is 18.2 Å². The number of benzene rings is 3. The molecule has 1 aliphatic heterocycles. The van der Waals surface area contributed by atoms with Crippen molar-refractivity contribution in [3.05, 3.63) is 77.1 Å². The average Bonchev–Trinajstić information content (AvgIpc) is 3.38. The summed E-state index contributed by atoms with van der Waals surface area (Å²) in [5, 5.41) is 4.34. The van der Waals surface area contributed by atoms with Crippen LogP contribution in [0.1, 0.15) is 10.4 Å². The quantitative estimate of drug-likeness (QED) is 0.269. The normalized spacial score (nSPS) is 14.0. The molecule has 0 aliphatic carbocycles. The van der Waals surface area contributed by atoms with Gasteiger partial charge in [0.15, 0.2) is 10.9 Å². The van der Waals surface area contributed by atoms with Crippen LogP contribution >= 0.6 is 35.3 Å². The van der Waals surface area contributed by atoms with Crippen LogP contribution in [0.5, 0.6) is 5.75 Å². The number of sulfonamides is 1. The summed E-state index contributed by atoms with van der Waals surface area (Å²) in [6.45, 7) is 4.23. The Balaban J connectivity index is 0.00000387. The van der Waals surface area contributed by atoms with Crippen molar-refractivity contribution in [1.82, 2.24) is 15.2 Å². The van der Waals surface area contributed by atoms with Crippen molar-refractivity contribution >= 4 is 72.3 Å². The lowest BCUT2D eigenvalue weighted by Gasteiger charge is -2.34. The van der Waals surface area contributed by atoms with Crippen molar-refractivity contribution < 1.29 is 22.3 Å². The maximum Gasteiger partial charge on any atom is 0.261 e. The molecule has 1 aliphatic rings. The SMILES string of the molecule is COc1c(Cl)ccc2sc(N3CCN(CCNC(=O)c4ccccc4NS(=O)(=O)c4ccc(F)cc4)CC3)nc12.Cl. The van der Waals surface area contributed by atoms with Crippen molar-refractivity contribution in [3.8, 4) is 5.75 Å². The summed E-state index contributed by atoms with van der Waals surface area (Å²) >= 11 is 7.84. The van der Waals surface area contributed by atoms with E-state index in [0.717, 1.165) is 53.7 Å². The van der Waals surface area contributed by atoms with Gasteiger partial charge in [0.2, 0.25) is 0 Å². The number of nitrogens with zero attached hydrogens (tertiary/aromatic N) is 3. The summed E-state index contributed by atoms with van der Waals surface area (Å²) in [6.07, 6.45) is 0. The number of anilines is 2. The fourth-order valence-corrected chi connectivity index (χ4v) is 6.76. The molecule has 218 valence electrons. The Morgan fingerprint density at radius 1 is 1.07 bits per heavy atom. The number of nitrogens with one attached hydrogen (secondary N) is 2. The first-order valence-corrected chi connectivity index (χ1v) is 15.2. The van der Waals surface area contributed by atoms with Gasteiger partial charge in [0.25, 0.3) is 15.9 Å². The molecule has 9 nitrogen and oxygen atoms in total. The summed E-state index contributed by atoms with van der Waals surface area (Å²) in [5.74, 6) is -0.345. The fraction of sp³-hybridized carbons (Fsp3) is 0.259. The average molecular weight is 641 g/mol. The highest BCUT2D eigenvalue weighted by molar-refractivity contribution is 7.92. The van der Waals surface area contributed by atoms with E-state index in [4.69, 9.17) is 21.3 Å². The molecule has 4 aromatic rings. The molecule has 1 saturated heterocycles. The molecule has 14 heteroatoms. The zero-order valence-corrected chi connectivity index (χ0v) is 25.2. The molecule has 0 atom stereocenters. The molecule has 1 amide bonds. The van der Waals surface area contributed by atoms with E-state index < -0.39 is 21.7 Å². The van der Waals surface area contributed by atoms with Crippen LogP contribution in [0.25, 0.3) is 10.2 Å². The number of amides is 1. The van der Waals surface area contributed by atoms with Crippen LogP contribution in [-0.2, 0) is 10.0 Å². The molecule has 0 radical (unpaired) electrons. The molecular weight excluding hydrogens is 612 g/mol. The number of ether oxygens (including phenoxy) is 1. The molecule has 1 aromatic heterocycles. The summed E-state index contributed by atoms with van der Waals surface area (Å²) in [6, 6.07) is 14.6. The van der Waals surface area contributed by atoms with Gasteiger partial charge in [0, 0.05) is 39.3 Å². The molecule has 2 heterocycles. The zero-order chi connectivity index (χ0) is 28.3.